The molecule has 1 aromatic heterocycles. The predicted octanol–water partition coefficient (Wildman–Crippen LogP) is 4.24. The Morgan fingerprint density at radius 1 is 1.30 bits per heavy atom. The molecule has 4 heteroatoms. The third-order valence-electron chi connectivity index (χ3n) is 3.09. The number of halogens is 1. The Labute approximate surface area is 129 Å². The summed E-state index contributed by atoms with van der Waals surface area (Å²) in [7, 11) is 0. The van der Waals surface area contributed by atoms with E-state index in [4.69, 9.17) is 11.6 Å². The Morgan fingerprint density at radius 3 is 2.65 bits per heavy atom. The Kier molecular flexibility index (Phi) is 4.84. The molecule has 0 aliphatic carbocycles. The van der Waals surface area contributed by atoms with Gasteiger partial charge < -0.3 is 5.11 Å². The second-order valence-electron chi connectivity index (χ2n) is 6.07. The largest absolute Gasteiger partial charge is 0.392 e. The van der Waals surface area contributed by atoms with Crippen molar-refractivity contribution in [2.75, 3.05) is 0 Å². The SMILES string of the molecule is CC(C)(C)c1csc(CC(O)Cc2cccc(Cl)c2)n1. The number of hydrogen-bond acceptors (Lipinski definition) is 3. The van der Waals surface area contributed by atoms with Gasteiger partial charge in [-0.05, 0) is 24.1 Å². The Balaban J connectivity index is 1.98. The first-order valence-corrected chi connectivity index (χ1v) is 7.98. The molecule has 0 saturated carbocycles. The topological polar surface area (TPSA) is 33.1 Å². The molecular weight excluding hydrogens is 290 g/mol. The smallest absolute Gasteiger partial charge is 0.0954 e. The molecule has 0 bridgehead atoms. The van der Waals surface area contributed by atoms with Crippen molar-refractivity contribution in [2.24, 2.45) is 0 Å². The fraction of sp³-hybridized carbons (Fsp3) is 0.438. The Hall–Kier alpha value is -0.900. The highest BCUT2D eigenvalue weighted by Gasteiger charge is 2.18. The van der Waals surface area contributed by atoms with E-state index in [1.165, 1.54) is 0 Å². The predicted molar refractivity (Wildman–Crippen MR) is 85.7 cm³/mol. The van der Waals surface area contributed by atoms with Crippen LogP contribution in [-0.2, 0) is 18.3 Å². The van der Waals surface area contributed by atoms with Crippen molar-refractivity contribution in [1.29, 1.82) is 0 Å². The number of aromatic nitrogens is 1. The van der Waals surface area contributed by atoms with E-state index in [1.807, 2.05) is 24.3 Å². The van der Waals surface area contributed by atoms with E-state index in [0.717, 1.165) is 16.3 Å². The van der Waals surface area contributed by atoms with Gasteiger partial charge in [0.2, 0.25) is 0 Å². The fourth-order valence-electron chi connectivity index (χ4n) is 1.96. The monoisotopic (exact) mass is 309 g/mol. The zero-order valence-corrected chi connectivity index (χ0v) is 13.6. The molecule has 20 heavy (non-hydrogen) atoms. The van der Waals surface area contributed by atoms with E-state index >= 15 is 0 Å². The van der Waals surface area contributed by atoms with Gasteiger partial charge in [0, 0.05) is 22.2 Å². The molecule has 0 fully saturated rings. The van der Waals surface area contributed by atoms with E-state index in [0.29, 0.717) is 17.9 Å². The summed E-state index contributed by atoms with van der Waals surface area (Å²) in [6.45, 7) is 6.44. The molecule has 0 saturated heterocycles. The van der Waals surface area contributed by atoms with Crippen molar-refractivity contribution in [3.05, 3.63) is 50.9 Å². The maximum atomic E-state index is 10.2. The van der Waals surface area contributed by atoms with Gasteiger partial charge in [0.15, 0.2) is 0 Å². The third-order valence-corrected chi connectivity index (χ3v) is 4.20. The molecular formula is C16H20ClNOS. The molecule has 1 heterocycles. The number of aliphatic hydroxyl groups excluding tert-OH is 1. The van der Waals surface area contributed by atoms with Crippen LogP contribution in [0.2, 0.25) is 5.02 Å². The molecule has 0 radical (unpaired) electrons. The van der Waals surface area contributed by atoms with Crippen LogP contribution < -0.4 is 0 Å². The first-order chi connectivity index (χ1) is 9.34. The summed E-state index contributed by atoms with van der Waals surface area (Å²) < 4.78 is 0. The first-order valence-electron chi connectivity index (χ1n) is 6.72. The van der Waals surface area contributed by atoms with Crippen molar-refractivity contribution in [3.8, 4) is 0 Å². The molecule has 1 atom stereocenters. The lowest BCUT2D eigenvalue weighted by atomic mass is 9.93. The van der Waals surface area contributed by atoms with Crippen LogP contribution in [0, 0.1) is 0 Å². The highest BCUT2D eigenvalue weighted by atomic mass is 35.5. The maximum Gasteiger partial charge on any atom is 0.0954 e. The van der Waals surface area contributed by atoms with Gasteiger partial charge in [-0.3, -0.25) is 0 Å². The zero-order valence-electron chi connectivity index (χ0n) is 12.1. The highest BCUT2D eigenvalue weighted by Crippen LogP contribution is 2.24. The first kappa shape index (κ1) is 15.5. The van der Waals surface area contributed by atoms with Crippen LogP contribution >= 0.6 is 22.9 Å². The normalized spacial score (nSPS) is 13.4. The lowest BCUT2D eigenvalue weighted by molar-refractivity contribution is 0.175. The van der Waals surface area contributed by atoms with Crippen LogP contribution in [0.25, 0.3) is 0 Å². The number of thiazole rings is 1. The van der Waals surface area contributed by atoms with Gasteiger partial charge >= 0.3 is 0 Å². The van der Waals surface area contributed by atoms with Crippen LogP contribution in [0.3, 0.4) is 0 Å². The summed E-state index contributed by atoms with van der Waals surface area (Å²) in [6.07, 6.45) is 0.769. The maximum absolute atomic E-state index is 10.2. The standard InChI is InChI=1S/C16H20ClNOS/c1-16(2,3)14-10-20-15(18-14)9-13(19)8-11-5-4-6-12(17)7-11/h4-7,10,13,19H,8-9H2,1-3H3. The van der Waals surface area contributed by atoms with Gasteiger partial charge in [-0.1, -0.05) is 44.5 Å². The Morgan fingerprint density at radius 2 is 2.05 bits per heavy atom. The number of aliphatic hydroxyl groups is 1. The van der Waals surface area contributed by atoms with Crippen LogP contribution in [0.4, 0.5) is 0 Å². The zero-order chi connectivity index (χ0) is 14.8. The van der Waals surface area contributed by atoms with Crippen molar-refractivity contribution < 1.29 is 5.11 Å². The van der Waals surface area contributed by atoms with Gasteiger partial charge in [0.25, 0.3) is 0 Å². The van der Waals surface area contributed by atoms with Crippen molar-refractivity contribution in [3.63, 3.8) is 0 Å². The average Bonchev–Trinajstić information content (AvgIpc) is 2.76. The van der Waals surface area contributed by atoms with E-state index < -0.39 is 6.10 Å². The lowest BCUT2D eigenvalue weighted by Crippen LogP contribution is -2.15. The molecule has 108 valence electrons. The van der Waals surface area contributed by atoms with Gasteiger partial charge in [-0.25, -0.2) is 4.98 Å². The Bertz CT molecular complexity index is 574. The summed E-state index contributed by atoms with van der Waals surface area (Å²) in [5, 5.41) is 14.0. The van der Waals surface area contributed by atoms with Crippen molar-refractivity contribution in [1.82, 2.24) is 4.98 Å². The fourth-order valence-corrected chi connectivity index (χ4v) is 3.27. The van der Waals surface area contributed by atoms with Gasteiger partial charge in [0.05, 0.1) is 16.8 Å². The van der Waals surface area contributed by atoms with Crippen LogP contribution in [0.5, 0.6) is 0 Å². The summed E-state index contributed by atoms with van der Waals surface area (Å²) in [6, 6.07) is 7.63. The summed E-state index contributed by atoms with van der Waals surface area (Å²) >= 11 is 7.57. The van der Waals surface area contributed by atoms with Crippen molar-refractivity contribution in [2.45, 2.75) is 45.1 Å². The number of rotatable bonds is 4. The van der Waals surface area contributed by atoms with E-state index in [1.54, 1.807) is 11.3 Å². The molecule has 0 spiro atoms. The van der Waals surface area contributed by atoms with Crippen molar-refractivity contribution >= 4 is 22.9 Å². The van der Waals surface area contributed by atoms with Gasteiger partial charge in [-0.2, -0.15) is 0 Å². The highest BCUT2D eigenvalue weighted by molar-refractivity contribution is 7.09. The minimum absolute atomic E-state index is 0.0622. The van der Waals surface area contributed by atoms with Gasteiger partial charge in [-0.15, -0.1) is 11.3 Å². The minimum atomic E-state index is -0.424. The lowest BCUT2D eigenvalue weighted by Gasteiger charge is -2.14. The number of benzene rings is 1. The second-order valence-corrected chi connectivity index (χ2v) is 7.45. The molecule has 1 N–H and O–H groups in total. The molecule has 2 aromatic rings. The summed E-state index contributed by atoms with van der Waals surface area (Å²) in [4.78, 5) is 4.61. The molecule has 1 aromatic carbocycles. The summed E-state index contributed by atoms with van der Waals surface area (Å²) in [5.74, 6) is 0. The minimum Gasteiger partial charge on any atom is -0.392 e. The van der Waals surface area contributed by atoms with Crippen LogP contribution in [-0.4, -0.2) is 16.2 Å². The van der Waals surface area contributed by atoms with E-state index in [2.05, 4.69) is 31.1 Å². The average molecular weight is 310 g/mol. The van der Waals surface area contributed by atoms with Crippen LogP contribution in [0.1, 0.15) is 37.0 Å². The molecule has 2 nitrogen and oxygen atoms in total. The molecule has 1 unspecified atom stereocenters. The quantitative estimate of drug-likeness (QED) is 0.916. The second kappa shape index (κ2) is 6.25. The number of nitrogens with zero attached hydrogens (tertiary/aromatic N) is 1. The van der Waals surface area contributed by atoms with E-state index in [-0.39, 0.29) is 5.41 Å². The molecule has 0 amide bonds. The molecule has 0 aliphatic rings. The summed E-state index contributed by atoms with van der Waals surface area (Å²) in [5.41, 5.74) is 2.21. The third kappa shape index (κ3) is 4.30. The van der Waals surface area contributed by atoms with Gasteiger partial charge in [0.1, 0.15) is 0 Å². The van der Waals surface area contributed by atoms with Crippen LogP contribution in [0.15, 0.2) is 29.6 Å². The van der Waals surface area contributed by atoms with E-state index in [9.17, 15) is 5.11 Å². The molecule has 2 rings (SSSR count). The number of hydrogen-bond donors (Lipinski definition) is 1. The molecule has 0 aliphatic heterocycles.